The second kappa shape index (κ2) is 5.47. The van der Waals surface area contributed by atoms with Gasteiger partial charge in [0.25, 0.3) is 0 Å². The molecule has 1 aromatic carbocycles. The van der Waals surface area contributed by atoms with Crippen LogP contribution in [0.2, 0.25) is 0 Å². The van der Waals surface area contributed by atoms with Crippen molar-refractivity contribution in [1.82, 2.24) is 20.2 Å². The van der Waals surface area contributed by atoms with Crippen molar-refractivity contribution >= 4 is 5.69 Å². The molecule has 1 heterocycles. The minimum Gasteiger partial charge on any atom is -0.382 e. The predicted molar refractivity (Wildman–Crippen MR) is 83.9 cm³/mol. The lowest BCUT2D eigenvalue weighted by Gasteiger charge is -2.35. The average Bonchev–Trinajstić information content (AvgIpc) is 2.88. The summed E-state index contributed by atoms with van der Waals surface area (Å²) in [5.74, 6) is 0.795. The number of hydrogen-bond donors (Lipinski definition) is 1. The van der Waals surface area contributed by atoms with Gasteiger partial charge in [0.1, 0.15) is 0 Å². The molecule has 0 bridgehead atoms. The van der Waals surface area contributed by atoms with Gasteiger partial charge in [0.05, 0.1) is 0 Å². The van der Waals surface area contributed by atoms with Gasteiger partial charge < -0.3 is 5.32 Å². The molecular formula is C16H23N5. The largest absolute Gasteiger partial charge is 0.382 e. The Morgan fingerprint density at radius 1 is 1.24 bits per heavy atom. The van der Waals surface area contributed by atoms with E-state index in [2.05, 4.69) is 52.9 Å². The van der Waals surface area contributed by atoms with E-state index >= 15 is 0 Å². The standard InChI is InChI=1S/C16H23N5/c1-16(2)9-7-13(8-10-16)17-14-6-4-5-12(11-14)15-18-19-20-21(15)3/h4-6,11,13,17H,7-10H2,1-3H3. The molecule has 0 unspecified atom stereocenters. The minimum atomic E-state index is 0.504. The summed E-state index contributed by atoms with van der Waals surface area (Å²) in [5.41, 5.74) is 2.70. The Kier molecular flexibility index (Phi) is 3.66. The van der Waals surface area contributed by atoms with Gasteiger partial charge in [0.2, 0.25) is 0 Å². The molecule has 1 aliphatic rings. The molecule has 0 radical (unpaired) electrons. The summed E-state index contributed by atoms with van der Waals surface area (Å²) in [7, 11) is 1.86. The Labute approximate surface area is 125 Å². The zero-order valence-corrected chi connectivity index (χ0v) is 13.0. The highest BCUT2D eigenvalue weighted by Gasteiger charge is 2.26. The molecule has 21 heavy (non-hydrogen) atoms. The van der Waals surface area contributed by atoms with Crippen molar-refractivity contribution < 1.29 is 0 Å². The summed E-state index contributed by atoms with van der Waals surface area (Å²) in [6.45, 7) is 4.73. The molecule has 0 aliphatic heterocycles. The first-order chi connectivity index (χ1) is 10.0. The summed E-state index contributed by atoms with van der Waals surface area (Å²) in [6, 6.07) is 8.92. The quantitative estimate of drug-likeness (QED) is 0.940. The third-order valence-corrected chi connectivity index (χ3v) is 4.45. The van der Waals surface area contributed by atoms with Crippen LogP contribution in [0.15, 0.2) is 24.3 Å². The number of rotatable bonds is 3. The fraction of sp³-hybridized carbons (Fsp3) is 0.562. The van der Waals surface area contributed by atoms with E-state index in [1.54, 1.807) is 4.68 Å². The Morgan fingerprint density at radius 2 is 2.00 bits per heavy atom. The lowest BCUT2D eigenvalue weighted by Crippen LogP contribution is -2.29. The highest BCUT2D eigenvalue weighted by Crippen LogP contribution is 2.36. The Hall–Kier alpha value is -1.91. The van der Waals surface area contributed by atoms with Crippen LogP contribution >= 0.6 is 0 Å². The number of tetrazole rings is 1. The van der Waals surface area contributed by atoms with Crippen LogP contribution in [0.4, 0.5) is 5.69 Å². The zero-order chi connectivity index (χ0) is 14.9. The van der Waals surface area contributed by atoms with Crippen LogP contribution in [-0.4, -0.2) is 26.2 Å². The molecule has 5 heteroatoms. The molecular weight excluding hydrogens is 262 g/mol. The molecule has 1 fully saturated rings. The molecule has 0 saturated heterocycles. The van der Waals surface area contributed by atoms with Gasteiger partial charge in [-0.25, -0.2) is 4.68 Å². The minimum absolute atomic E-state index is 0.504. The molecule has 1 N–H and O–H groups in total. The first-order valence-corrected chi connectivity index (χ1v) is 7.63. The molecule has 3 rings (SSSR count). The highest BCUT2D eigenvalue weighted by atomic mass is 15.5. The van der Waals surface area contributed by atoms with E-state index in [9.17, 15) is 0 Å². The number of anilines is 1. The number of aromatic nitrogens is 4. The molecule has 5 nitrogen and oxygen atoms in total. The van der Waals surface area contributed by atoms with Crippen molar-refractivity contribution in [3.63, 3.8) is 0 Å². The summed E-state index contributed by atoms with van der Waals surface area (Å²) in [6.07, 6.45) is 5.06. The molecule has 1 aromatic heterocycles. The van der Waals surface area contributed by atoms with Gasteiger partial charge in [-0.2, -0.15) is 0 Å². The van der Waals surface area contributed by atoms with E-state index in [1.165, 1.54) is 25.7 Å². The third kappa shape index (κ3) is 3.23. The van der Waals surface area contributed by atoms with Crippen molar-refractivity contribution in [1.29, 1.82) is 0 Å². The molecule has 0 amide bonds. The fourth-order valence-electron chi connectivity index (χ4n) is 3.00. The Morgan fingerprint density at radius 3 is 2.67 bits per heavy atom. The average molecular weight is 285 g/mol. The molecule has 0 atom stereocenters. The summed E-state index contributed by atoms with van der Waals surface area (Å²) < 4.78 is 1.70. The number of benzene rings is 1. The number of aryl methyl sites for hydroxylation is 1. The first-order valence-electron chi connectivity index (χ1n) is 7.63. The van der Waals surface area contributed by atoms with E-state index in [0.29, 0.717) is 11.5 Å². The van der Waals surface area contributed by atoms with E-state index < -0.39 is 0 Å². The molecule has 2 aromatic rings. The van der Waals surface area contributed by atoms with Gasteiger partial charge in [-0.3, -0.25) is 0 Å². The monoisotopic (exact) mass is 285 g/mol. The van der Waals surface area contributed by atoms with E-state index in [0.717, 1.165) is 17.1 Å². The maximum atomic E-state index is 4.07. The predicted octanol–water partition coefficient (Wildman–Crippen LogP) is 3.26. The number of nitrogens with zero attached hydrogens (tertiary/aromatic N) is 4. The van der Waals surface area contributed by atoms with Crippen LogP contribution in [0, 0.1) is 5.41 Å². The van der Waals surface area contributed by atoms with E-state index in [-0.39, 0.29) is 0 Å². The van der Waals surface area contributed by atoms with Gasteiger partial charge in [-0.15, -0.1) is 5.10 Å². The van der Waals surface area contributed by atoms with Crippen molar-refractivity contribution in [3.8, 4) is 11.4 Å². The van der Waals surface area contributed by atoms with Gasteiger partial charge in [-0.05, 0) is 53.7 Å². The first kappa shape index (κ1) is 14.0. The van der Waals surface area contributed by atoms with Crippen LogP contribution in [-0.2, 0) is 7.05 Å². The van der Waals surface area contributed by atoms with Crippen molar-refractivity contribution in [2.75, 3.05) is 5.32 Å². The normalized spacial score (nSPS) is 18.6. The maximum absolute atomic E-state index is 4.07. The Balaban J connectivity index is 1.71. The van der Waals surface area contributed by atoms with Crippen molar-refractivity contribution in [2.45, 2.75) is 45.6 Å². The third-order valence-electron chi connectivity index (χ3n) is 4.45. The molecule has 1 saturated carbocycles. The number of nitrogens with one attached hydrogen (secondary N) is 1. The van der Waals surface area contributed by atoms with Gasteiger partial charge >= 0.3 is 0 Å². The number of hydrogen-bond acceptors (Lipinski definition) is 4. The summed E-state index contributed by atoms with van der Waals surface area (Å²) >= 11 is 0. The van der Waals surface area contributed by atoms with Gasteiger partial charge in [0, 0.05) is 24.3 Å². The SMILES string of the molecule is Cn1nnnc1-c1cccc(NC2CCC(C)(C)CC2)c1. The molecule has 1 aliphatic carbocycles. The lowest BCUT2D eigenvalue weighted by molar-refractivity contribution is 0.232. The smallest absolute Gasteiger partial charge is 0.181 e. The topological polar surface area (TPSA) is 55.6 Å². The molecule has 112 valence electrons. The molecule has 0 spiro atoms. The maximum Gasteiger partial charge on any atom is 0.181 e. The second-order valence-corrected chi connectivity index (χ2v) is 6.79. The van der Waals surface area contributed by atoms with Crippen LogP contribution in [0.25, 0.3) is 11.4 Å². The van der Waals surface area contributed by atoms with Crippen LogP contribution in [0.1, 0.15) is 39.5 Å². The Bertz CT molecular complexity index is 607. The van der Waals surface area contributed by atoms with Crippen LogP contribution in [0.3, 0.4) is 0 Å². The van der Waals surface area contributed by atoms with Crippen LogP contribution in [0.5, 0.6) is 0 Å². The van der Waals surface area contributed by atoms with Crippen molar-refractivity contribution in [2.24, 2.45) is 12.5 Å². The van der Waals surface area contributed by atoms with E-state index in [1.807, 2.05) is 13.1 Å². The van der Waals surface area contributed by atoms with Crippen LogP contribution < -0.4 is 5.32 Å². The fourth-order valence-corrected chi connectivity index (χ4v) is 3.00. The highest BCUT2D eigenvalue weighted by molar-refractivity contribution is 5.62. The van der Waals surface area contributed by atoms with E-state index in [4.69, 9.17) is 0 Å². The lowest BCUT2D eigenvalue weighted by atomic mass is 9.75. The second-order valence-electron chi connectivity index (χ2n) is 6.79. The van der Waals surface area contributed by atoms with Gasteiger partial charge in [0.15, 0.2) is 5.82 Å². The van der Waals surface area contributed by atoms with Crippen molar-refractivity contribution in [3.05, 3.63) is 24.3 Å². The summed E-state index contributed by atoms with van der Waals surface area (Å²) in [4.78, 5) is 0. The summed E-state index contributed by atoms with van der Waals surface area (Å²) in [5, 5.41) is 15.3. The zero-order valence-electron chi connectivity index (χ0n) is 13.0. The van der Waals surface area contributed by atoms with Gasteiger partial charge in [-0.1, -0.05) is 26.0 Å².